The molecule has 2 aromatic rings. The van der Waals surface area contributed by atoms with Crippen molar-refractivity contribution in [1.29, 1.82) is 5.26 Å². The van der Waals surface area contributed by atoms with Gasteiger partial charge in [-0.25, -0.2) is 18.4 Å². The molecule has 0 amide bonds. The molecule has 9 heteroatoms. The van der Waals surface area contributed by atoms with Crippen LogP contribution in [0.3, 0.4) is 0 Å². The van der Waals surface area contributed by atoms with E-state index in [-0.39, 0.29) is 21.8 Å². The largest absolute Gasteiger partial charge is 0.464 e. The number of anilines is 1. The van der Waals surface area contributed by atoms with E-state index in [0.717, 1.165) is 0 Å². The molecule has 2 rings (SSSR count). The van der Waals surface area contributed by atoms with Crippen molar-refractivity contribution < 1.29 is 17.9 Å². The summed E-state index contributed by atoms with van der Waals surface area (Å²) in [7, 11) is -2.74. The number of nitrogens with zero attached hydrogens (tertiary/aromatic N) is 2. The SMILES string of the molecule is COC(=O)c1c(N)c(C#N)cn1-c1cc(S(N)(=O)=O)ccc1C. The maximum absolute atomic E-state index is 12.0. The second-order valence-electron chi connectivity index (χ2n) is 4.77. The summed E-state index contributed by atoms with van der Waals surface area (Å²) >= 11 is 0. The fraction of sp³-hybridized carbons (Fsp3) is 0.143. The van der Waals surface area contributed by atoms with Gasteiger partial charge in [-0.1, -0.05) is 6.07 Å². The van der Waals surface area contributed by atoms with Crippen LogP contribution in [0.4, 0.5) is 5.69 Å². The average molecular weight is 334 g/mol. The van der Waals surface area contributed by atoms with E-state index in [4.69, 9.17) is 16.1 Å². The number of primary sulfonamides is 1. The van der Waals surface area contributed by atoms with Gasteiger partial charge in [0.1, 0.15) is 6.07 Å². The number of methoxy groups -OCH3 is 1. The van der Waals surface area contributed by atoms with Crippen molar-refractivity contribution in [2.45, 2.75) is 11.8 Å². The average Bonchev–Trinajstić information content (AvgIpc) is 2.82. The molecule has 0 saturated carbocycles. The Morgan fingerprint density at radius 3 is 2.57 bits per heavy atom. The van der Waals surface area contributed by atoms with E-state index in [1.54, 1.807) is 13.0 Å². The molecular weight excluding hydrogens is 320 g/mol. The predicted molar refractivity (Wildman–Crippen MR) is 82.3 cm³/mol. The molecule has 0 saturated heterocycles. The van der Waals surface area contributed by atoms with Gasteiger partial charge < -0.3 is 15.0 Å². The second-order valence-corrected chi connectivity index (χ2v) is 6.33. The third-order valence-electron chi connectivity index (χ3n) is 3.31. The first-order valence-electron chi connectivity index (χ1n) is 6.33. The van der Waals surface area contributed by atoms with Gasteiger partial charge in [0.05, 0.1) is 28.9 Å². The Morgan fingerprint density at radius 1 is 1.39 bits per heavy atom. The molecule has 8 nitrogen and oxygen atoms in total. The van der Waals surface area contributed by atoms with Crippen molar-refractivity contribution in [2.75, 3.05) is 12.8 Å². The van der Waals surface area contributed by atoms with Crippen LogP contribution in [0.2, 0.25) is 0 Å². The number of carbonyl (C=O) groups is 1. The van der Waals surface area contributed by atoms with Gasteiger partial charge >= 0.3 is 5.97 Å². The summed E-state index contributed by atoms with van der Waals surface area (Å²) in [6.45, 7) is 1.71. The fourth-order valence-corrected chi connectivity index (χ4v) is 2.66. The maximum Gasteiger partial charge on any atom is 0.357 e. The highest BCUT2D eigenvalue weighted by atomic mass is 32.2. The summed E-state index contributed by atoms with van der Waals surface area (Å²) in [5.41, 5.74) is 6.80. The summed E-state index contributed by atoms with van der Waals surface area (Å²) in [4.78, 5) is 11.9. The second kappa shape index (κ2) is 5.75. The zero-order valence-corrected chi connectivity index (χ0v) is 13.2. The lowest BCUT2D eigenvalue weighted by molar-refractivity contribution is 0.0593. The van der Waals surface area contributed by atoms with Crippen molar-refractivity contribution >= 4 is 21.7 Å². The van der Waals surface area contributed by atoms with Crippen LogP contribution in [0.15, 0.2) is 29.3 Å². The van der Waals surface area contributed by atoms with Crippen molar-refractivity contribution in [2.24, 2.45) is 5.14 Å². The molecule has 0 aliphatic heterocycles. The number of carbonyl (C=O) groups excluding carboxylic acids is 1. The van der Waals surface area contributed by atoms with Crippen molar-refractivity contribution in [3.8, 4) is 11.8 Å². The van der Waals surface area contributed by atoms with E-state index in [1.807, 2.05) is 6.07 Å². The summed E-state index contributed by atoms with van der Waals surface area (Å²) in [6, 6.07) is 6.07. The van der Waals surface area contributed by atoms with Crippen LogP contribution in [0.1, 0.15) is 21.6 Å². The van der Waals surface area contributed by atoms with Crippen LogP contribution < -0.4 is 10.9 Å². The monoisotopic (exact) mass is 334 g/mol. The molecule has 0 aliphatic carbocycles. The molecule has 1 aromatic heterocycles. The summed E-state index contributed by atoms with van der Waals surface area (Å²) < 4.78 is 29.1. The highest BCUT2D eigenvalue weighted by Crippen LogP contribution is 2.27. The Balaban J connectivity index is 2.82. The molecule has 0 bridgehead atoms. The molecule has 120 valence electrons. The number of nitriles is 1. The van der Waals surface area contributed by atoms with Crippen LogP contribution in [0.25, 0.3) is 5.69 Å². The first-order chi connectivity index (χ1) is 10.7. The highest BCUT2D eigenvalue weighted by molar-refractivity contribution is 7.89. The number of aryl methyl sites for hydroxylation is 1. The number of hydrogen-bond donors (Lipinski definition) is 2. The number of nitrogens with two attached hydrogens (primary N) is 2. The Morgan fingerprint density at radius 2 is 2.04 bits per heavy atom. The van der Waals surface area contributed by atoms with Crippen LogP contribution in [-0.2, 0) is 14.8 Å². The first-order valence-corrected chi connectivity index (χ1v) is 7.88. The fourth-order valence-electron chi connectivity index (χ4n) is 2.13. The van der Waals surface area contributed by atoms with Gasteiger partial charge in [-0.2, -0.15) is 5.26 Å². The van der Waals surface area contributed by atoms with Gasteiger partial charge in [0.2, 0.25) is 10.0 Å². The van der Waals surface area contributed by atoms with Gasteiger partial charge in [0, 0.05) is 6.20 Å². The summed E-state index contributed by atoms with van der Waals surface area (Å²) in [5.74, 6) is -0.746. The van der Waals surface area contributed by atoms with Gasteiger partial charge in [-0.15, -0.1) is 0 Å². The van der Waals surface area contributed by atoms with E-state index in [1.165, 1.54) is 30.0 Å². The predicted octanol–water partition coefficient (Wildman–Crippen LogP) is 0.674. The van der Waals surface area contributed by atoms with Gasteiger partial charge in [-0.05, 0) is 24.6 Å². The highest BCUT2D eigenvalue weighted by Gasteiger charge is 2.23. The zero-order valence-electron chi connectivity index (χ0n) is 12.4. The van der Waals surface area contributed by atoms with Gasteiger partial charge in [-0.3, -0.25) is 0 Å². The van der Waals surface area contributed by atoms with E-state index < -0.39 is 16.0 Å². The number of aromatic nitrogens is 1. The quantitative estimate of drug-likeness (QED) is 0.790. The van der Waals surface area contributed by atoms with Crippen molar-refractivity contribution in [1.82, 2.24) is 4.57 Å². The third kappa shape index (κ3) is 2.90. The first kappa shape index (κ1) is 16.5. The van der Waals surface area contributed by atoms with E-state index in [0.29, 0.717) is 11.3 Å². The van der Waals surface area contributed by atoms with Crippen LogP contribution in [0.5, 0.6) is 0 Å². The number of sulfonamides is 1. The van der Waals surface area contributed by atoms with Crippen LogP contribution >= 0.6 is 0 Å². The minimum atomic E-state index is -3.92. The van der Waals surface area contributed by atoms with Crippen LogP contribution in [0, 0.1) is 18.3 Å². The molecule has 1 heterocycles. The van der Waals surface area contributed by atoms with Gasteiger partial charge in [0.25, 0.3) is 0 Å². The topological polar surface area (TPSA) is 141 Å². The zero-order chi connectivity index (χ0) is 17.4. The number of esters is 1. The molecule has 1 aromatic carbocycles. The molecule has 23 heavy (non-hydrogen) atoms. The Bertz CT molecular complexity index is 938. The molecule has 0 spiro atoms. The molecule has 0 unspecified atom stereocenters. The molecule has 4 N–H and O–H groups in total. The molecule has 0 fully saturated rings. The molecule has 0 atom stereocenters. The minimum absolute atomic E-state index is 0.0419. The number of rotatable bonds is 3. The maximum atomic E-state index is 12.0. The number of nitrogen functional groups attached to an aromatic ring is 1. The summed E-state index contributed by atoms with van der Waals surface area (Å²) in [6.07, 6.45) is 1.34. The number of benzene rings is 1. The lowest BCUT2D eigenvalue weighted by Crippen LogP contribution is -2.15. The number of ether oxygens (including phenoxy) is 1. The molecule has 0 aliphatic rings. The van der Waals surface area contributed by atoms with Gasteiger partial charge in [0.15, 0.2) is 5.69 Å². The third-order valence-corrected chi connectivity index (χ3v) is 4.22. The molecule has 0 radical (unpaired) electrons. The van der Waals surface area contributed by atoms with E-state index in [9.17, 15) is 13.2 Å². The van der Waals surface area contributed by atoms with E-state index >= 15 is 0 Å². The van der Waals surface area contributed by atoms with Crippen molar-refractivity contribution in [3.05, 3.63) is 41.2 Å². The summed E-state index contributed by atoms with van der Waals surface area (Å²) in [5, 5.41) is 14.2. The normalized spacial score (nSPS) is 11.0. The lowest BCUT2D eigenvalue weighted by Gasteiger charge is -2.12. The van der Waals surface area contributed by atoms with Crippen LogP contribution in [-0.4, -0.2) is 26.1 Å². The lowest BCUT2D eigenvalue weighted by atomic mass is 10.2. The Labute approximate surface area is 132 Å². The number of hydrogen-bond acceptors (Lipinski definition) is 6. The smallest absolute Gasteiger partial charge is 0.357 e. The molecular formula is C14H14N4O4S. The Hall–Kier alpha value is -2.83. The van der Waals surface area contributed by atoms with E-state index in [2.05, 4.69) is 4.74 Å². The minimum Gasteiger partial charge on any atom is -0.464 e. The Kier molecular flexibility index (Phi) is 4.14. The standard InChI is InChI=1S/C14H14N4O4S/c1-8-3-4-10(23(17,20)21)5-11(8)18-7-9(6-15)12(16)13(18)14(19)22-2/h3-5,7H,16H2,1-2H3,(H2,17,20,21). The van der Waals surface area contributed by atoms with Crippen molar-refractivity contribution in [3.63, 3.8) is 0 Å².